The number of nitrogens with zero attached hydrogens (tertiary/aromatic N) is 6. The van der Waals surface area contributed by atoms with Gasteiger partial charge in [0.05, 0.1) is 12.6 Å². The normalized spacial score (nSPS) is 14.6. The van der Waals surface area contributed by atoms with Crippen LogP contribution in [-0.2, 0) is 11.2 Å². The van der Waals surface area contributed by atoms with E-state index in [4.69, 9.17) is 0 Å². The molecule has 0 bridgehead atoms. The van der Waals surface area contributed by atoms with Gasteiger partial charge in [-0.3, -0.25) is 9.20 Å². The molecule has 7 nitrogen and oxygen atoms in total. The molecule has 140 valence electrons. The van der Waals surface area contributed by atoms with Gasteiger partial charge in [-0.25, -0.2) is 4.98 Å². The molecule has 3 aromatic rings. The van der Waals surface area contributed by atoms with Gasteiger partial charge in [0.15, 0.2) is 0 Å². The molecule has 1 fully saturated rings. The Morgan fingerprint density at radius 3 is 2.52 bits per heavy atom. The maximum atomic E-state index is 12.6. The predicted molar refractivity (Wildman–Crippen MR) is 106 cm³/mol. The van der Waals surface area contributed by atoms with Crippen LogP contribution >= 0.6 is 0 Å². The fourth-order valence-electron chi connectivity index (χ4n) is 3.35. The maximum Gasteiger partial charge on any atom is 0.235 e. The third-order valence-corrected chi connectivity index (χ3v) is 4.99. The van der Waals surface area contributed by atoms with Crippen molar-refractivity contribution in [1.29, 1.82) is 0 Å². The highest BCUT2D eigenvalue weighted by atomic mass is 16.2. The van der Waals surface area contributed by atoms with Crippen molar-refractivity contribution in [2.45, 2.75) is 6.42 Å². The second-order valence-corrected chi connectivity index (χ2v) is 7.03. The van der Waals surface area contributed by atoms with E-state index in [0.717, 1.165) is 43.2 Å². The van der Waals surface area contributed by atoms with Gasteiger partial charge >= 0.3 is 0 Å². The van der Waals surface area contributed by atoms with Crippen LogP contribution < -0.4 is 9.80 Å². The summed E-state index contributed by atoms with van der Waals surface area (Å²) in [5, 5.41) is 0. The van der Waals surface area contributed by atoms with Gasteiger partial charge < -0.3 is 14.7 Å². The van der Waals surface area contributed by atoms with E-state index in [1.165, 1.54) is 0 Å². The monoisotopic (exact) mass is 364 g/mol. The van der Waals surface area contributed by atoms with Crippen LogP contribution in [0.5, 0.6) is 0 Å². The summed E-state index contributed by atoms with van der Waals surface area (Å²) in [5.41, 5.74) is 2.20. The van der Waals surface area contributed by atoms with Gasteiger partial charge in [-0.15, -0.1) is 0 Å². The Labute approximate surface area is 158 Å². The lowest BCUT2D eigenvalue weighted by Crippen LogP contribution is -2.49. The van der Waals surface area contributed by atoms with Crippen molar-refractivity contribution in [2.24, 2.45) is 0 Å². The molecule has 1 amide bonds. The van der Waals surface area contributed by atoms with Crippen LogP contribution in [0.25, 0.3) is 5.78 Å². The summed E-state index contributed by atoms with van der Waals surface area (Å²) in [5.74, 6) is 1.80. The first-order valence-corrected chi connectivity index (χ1v) is 9.19. The van der Waals surface area contributed by atoms with E-state index in [1.807, 2.05) is 54.0 Å². The van der Waals surface area contributed by atoms with Gasteiger partial charge in [-0.05, 0) is 23.8 Å². The zero-order valence-corrected chi connectivity index (χ0v) is 15.7. The molecule has 0 aliphatic carbocycles. The minimum Gasteiger partial charge on any atom is -0.378 e. The number of fused-ring (bicyclic) bond motifs is 1. The number of piperazine rings is 1. The second kappa shape index (κ2) is 7.26. The zero-order chi connectivity index (χ0) is 18.8. The van der Waals surface area contributed by atoms with E-state index in [0.29, 0.717) is 12.2 Å². The van der Waals surface area contributed by atoms with Crippen LogP contribution in [0.1, 0.15) is 5.56 Å². The number of anilines is 2. The number of carbonyl (C=O) groups is 1. The molecule has 1 aliphatic rings. The average Bonchev–Trinajstić information content (AvgIpc) is 3.13. The number of amides is 1. The number of carbonyl (C=O) groups excluding carboxylic acids is 1. The van der Waals surface area contributed by atoms with Crippen LogP contribution in [0.3, 0.4) is 0 Å². The molecule has 4 rings (SSSR count). The summed E-state index contributed by atoms with van der Waals surface area (Å²) in [7, 11) is 4.03. The average molecular weight is 364 g/mol. The first kappa shape index (κ1) is 17.3. The van der Waals surface area contributed by atoms with Crippen molar-refractivity contribution >= 4 is 23.2 Å². The third-order valence-electron chi connectivity index (χ3n) is 4.99. The standard InChI is InChI=1S/C20H24N6O/c1-23(2)17-6-4-16(5-7-17)14-19(27)25-12-10-24(11-13-25)18-15-26-9-3-8-21-20(26)22-18/h3-9,15H,10-14H2,1-2H3. The van der Waals surface area contributed by atoms with Gasteiger partial charge in [0.25, 0.3) is 0 Å². The number of rotatable bonds is 4. The Morgan fingerprint density at radius 1 is 1.11 bits per heavy atom. The smallest absolute Gasteiger partial charge is 0.235 e. The predicted octanol–water partition coefficient (Wildman–Crippen LogP) is 1.69. The highest BCUT2D eigenvalue weighted by molar-refractivity contribution is 5.79. The van der Waals surface area contributed by atoms with Crippen LogP contribution in [0, 0.1) is 0 Å². The van der Waals surface area contributed by atoms with E-state index in [-0.39, 0.29) is 5.91 Å². The summed E-state index contributed by atoms with van der Waals surface area (Å²) < 4.78 is 1.92. The molecule has 3 heterocycles. The molecule has 0 spiro atoms. The highest BCUT2D eigenvalue weighted by Gasteiger charge is 2.22. The van der Waals surface area contributed by atoms with Crippen molar-refractivity contribution in [3.05, 3.63) is 54.5 Å². The molecule has 0 radical (unpaired) electrons. The topological polar surface area (TPSA) is 57.0 Å². The number of hydrogen-bond acceptors (Lipinski definition) is 5. The van der Waals surface area contributed by atoms with Gasteiger partial charge in [0.2, 0.25) is 11.7 Å². The van der Waals surface area contributed by atoms with Gasteiger partial charge in [-0.2, -0.15) is 4.98 Å². The van der Waals surface area contributed by atoms with Crippen LogP contribution in [0.15, 0.2) is 48.9 Å². The van der Waals surface area contributed by atoms with Crippen molar-refractivity contribution in [2.75, 3.05) is 50.1 Å². The Balaban J connectivity index is 1.34. The molecule has 1 aromatic carbocycles. The molecule has 0 saturated carbocycles. The zero-order valence-electron chi connectivity index (χ0n) is 15.7. The molecule has 0 unspecified atom stereocenters. The van der Waals surface area contributed by atoms with Crippen LogP contribution in [0.2, 0.25) is 0 Å². The minimum absolute atomic E-state index is 0.184. The summed E-state index contributed by atoms with van der Waals surface area (Å²) in [4.78, 5) is 27.7. The molecule has 1 aliphatic heterocycles. The molecule has 1 saturated heterocycles. The minimum atomic E-state index is 0.184. The second-order valence-electron chi connectivity index (χ2n) is 7.03. The third kappa shape index (κ3) is 3.72. The lowest BCUT2D eigenvalue weighted by atomic mass is 10.1. The SMILES string of the molecule is CN(C)c1ccc(CC(=O)N2CCN(c3cn4cccnc4n3)CC2)cc1. The Hall–Kier alpha value is -3.09. The molecule has 2 aromatic heterocycles. The fourth-order valence-corrected chi connectivity index (χ4v) is 3.35. The first-order valence-electron chi connectivity index (χ1n) is 9.19. The van der Waals surface area contributed by atoms with E-state index in [1.54, 1.807) is 6.20 Å². The van der Waals surface area contributed by atoms with Crippen LogP contribution in [-0.4, -0.2) is 65.5 Å². The maximum absolute atomic E-state index is 12.6. The summed E-state index contributed by atoms with van der Waals surface area (Å²) in [6.45, 7) is 3.01. The van der Waals surface area contributed by atoms with E-state index < -0.39 is 0 Å². The van der Waals surface area contributed by atoms with Gasteiger partial charge in [-0.1, -0.05) is 12.1 Å². The largest absolute Gasteiger partial charge is 0.378 e. The lowest BCUT2D eigenvalue weighted by molar-refractivity contribution is -0.130. The van der Waals surface area contributed by atoms with E-state index in [9.17, 15) is 4.79 Å². The highest BCUT2D eigenvalue weighted by Crippen LogP contribution is 2.17. The molecule has 0 atom stereocenters. The molecule has 7 heteroatoms. The Morgan fingerprint density at radius 2 is 1.85 bits per heavy atom. The number of aromatic nitrogens is 3. The van der Waals surface area contributed by atoms with Gasteiger partial charge in [0, 0.05) is 58.4 Å². The number of imidazole rings is 1. The summed E-state index contributed by atoms with van der Waals surface area (Å²) in [6.07, 6.45) is 6.13. The molecular formula is C20H24N6O. The summed E-state index contributed by atoms with van der Waals surface area (Å²) >= 11 is 0. The van der Waals surface area contributed by atoms with E-state index in [2.05, 4.69) is 31.9 Å². The molecule has 0 N–H and O–H groups in total. The number of hydrogen-bond donors (Lipinski definition) is 0. The lowest BCUT2D eigenvalue weighted by Gasteiger charge is -2.34. The molecule has 27 heavy (non-hydrogen) atoms. The Kier molecular flexibility index (Phi) is 4.66. The quantitative estimate of drug-likeness (QED) is 0.705. The molecular weight excluding hydrogens is 340 g/mol. The summed E-state index contributed by atoms with van der Waals surface area (Å²) in [6, 6.07) is 10.1. The fraction of sp³-hybridized carbons (Fsp3) is 0.350. The van der Waals surface area contributed by atoms with Crippen LogP contribution in [0.4, 0.5) is 11.5 Å². The van der Waals surface area contributed by atoms with Crippen molar-refractivity contribution < 1.29 is 4.79 Å². The van der Waals surface area contributed by atoms with E-state index >= 15 is 0 Å². The first-order chi connectivity index (χ1) is 13.1. The number of benzene rings is 1. The Bertz CT molecular complexity index is 892. The van der Waals surface area contributed by atoms with Crippen molar-refractivity contribution in [3.8, 4) is 0 Å². The van der Waals surface area contributed by atoms with Crippen molar-refractivity contribution in [3.63, 3.8) is 0 Å². The van der Waals surface area contributed by atoms with Gasteiger partial charge in [0.1, 0.15) is 5.82 Å². The van der Waals surface area contributed by atoms with Crippen molar-refractivity contribution in [1.82, 2.24) is 19.3 Å².